The predicted molar refractivity (Wildman–Crippen MR) is 124 cm³/mol. The van der Waals surface area contributed by atoms with Gasteiger partial charge in [0.1, 0.15) is 11.6 Å². The topological polar surface area (TPSA) is 65.7 Å². The zero-order valence-electron chi connectivity index (χ0n) is 18.2. The van der Waals surface area contributed by atoms with Gasteiger partial charge in [-0.15, -0.1) is 0 Å². The second-order valence-corrected chi connectivity index (χ2v) is 9.38. The fourth-order valence-corrected chi connectivity index (χ4v) is 4.67. The zero-order chi connectivity index (χ0) is 22.5. The minimum atomic E-state index is -0.411. The van der Waals surface area contributed by atoms with Crippen molar-refractivity contribution in [3.63, 3.8) is 0 Å². The summed E-state index contributed by atoms with van der Waals surface area (Å²) in [5.41, 5.74) is 3.46. The minimum absolute atomic E-state index is 0.0586. The van der Waals surface area contributed by atoms with Crippen molar-refractivity contribution in [2.75, 3.05) is 6.61 Å². The van der Waals surface area contributed by atoms with Gasteiger partial charge in [0, 0.05) is 46.0 Å². The highest BCUT2D eigenvalue weighted by Crippen LogP contribution is 2.40. The molecule has 2 fully saturated rings. The lowest BCUT2D eigenvalue weighted by atomic mass is 9.92. The number of hydrogen-bond acceptors (Lipinski definition) is 5. The SMILES string of the molecule is Cc1ccc2c(-c3ccc(Cl)cc3F)nc([C@@H]3CCO[C@@H](c4cnn(C5CC5)c4)C3)nc2n1. The van der Waals surface area contributed by atoms with Crippen LogP contribution in [0.2, 0.25) is 5.02 Å². The van der Waals surface area contributed by atoms with Crippen LogP contribution in [0.1, 0.15) is 60.8 Å². The molecule has 6 nitrogen and oxygen atoms in total. The van der Waals surface area contributed by atoms with E-state index in [1.165, 1.54) is 18.9 Å². The molecule has 0 bridgehead atoms. The van der Waals surface area contributed by atoms with Crippen LogP contribution in [-0.4, -0.2) is 31.3 Å². The number of ether oxygens (including phenoxy) is 1. The van der Waals surface area contributed by atoms with Crippen molar-refractivity contribution in [2.24, 2.45) is 0 Å². The lowest BCUT2D eigenvalue weighted by Gasteiger charge is -2.28. The van der Waals surface area contributed by atoms with E-state index in [4.69, 9.17) is 26.3 Å². The molecule has 0 radical (unpaired) electrons. The molecule has 33 heavy (non-hydrogen) atoms. The maximum Gasteiger partial charge on any atom is 0.163 e. The molecule has 0 amide bonds. The Hall–Kier alpha value is -2.90. The molecule has 4 heterocycles. The summed E-state index contributed by atoms with van der Waals surface area (Å²) in [4.78, 5) is 14.3. The lowest BCUT2D eigenvalue weighted by Crippen LogP contribution is -2.20. The number of nitrogens with zero attached hydrogens (tertiary/aromatic N) is 5. The quantitative estimate of drug-likeness (QED) is 0.373. The first-order chi connectivity index (χ1) is 16.0. The summed E-state index contributed by atoms with van der Waals surface area (Å²) in [6.45, 7) is 2.53. The van der Waals surface area contributed by atoms with E-state index in [1.54, 1.807) is 12.1 Å². The van der Waals surface area contributed by atoms with E-state index in [0.717, 1.165) is 29.5 Å². The summed E-state index contributed by atoms with van der Waals surface area (Å²) >= 11 is 5.99. The number of aromatic nitrogens is 5. The molecule has 1 saturated heterocycles. The van der Waals surface area contributed by atoms with E-state index in [1.807, 2.05) is 29.9 Å². The summed E-state index contributed by atoms with van der Waals surface area (Å²) in [6, 6.07) is 9.00. The van der Waals surface area contributed by atoms with Crippen LogP contribution in [0.15, 0.2) is 42.7 Å². The van der Waals surface area contributed by atoms with E-state index in [9.17, 15) is 4.39 Å². The molecular weight excluding hydrogens is 441 g/mol. The van der Waals surface area contributed by atoms with Gasteiger partial charge >= 0.3 is 0 Å². The Morgan fingerprint density at radius 2 is 1.97 bits per heavy atom. The first kappa shape index (κ1) is 20.7. The van der Waals surface area contributed by atoms with E-state index >= 15 is 0 Å². The van der Waals surface area contributed by atoms with Crippen LogP contribution in [0, 0.1) is 12.7 Å². The smallest absolute Gasteiger partial charge is 0.163 e. The second-order valence-electron chi connectivity index (χ2n) is 8.94. The number of hydrogen-bond donors (Lipinski definition) is 0. The van der Waals surface area contributed by atoms with Gasteiger partial charge in [0.15, 0.2) is 5.65 Å². The third kappa shape index (κ3) is 4.00. The van der Waals surface area contributed by atoms with Gasteiger partial charge in [0.2, 0.25) is 0 Å². The Morgan fingerprint density at radius 1 is 1.09 bits per heavy atom. The summed E-state index contributed by atoms with van der Waals surface area (Å²) in [7, 11) is 0. The van der Waals surface area contributed by atoms with Gasteiger partial charge in [-0.05, 0) is 62.9 Å². The number of benzene rings is 1. The molecule has 8 heteroatoms. The van der Waals surface area contributed by atoms with Crippen molar-refractivity contribution in [3.05, 3.63) is 70.6 Å². The van der Waals surface area contributed by atoms with Crippen LogP contribution in [0.3, 0.4) is 0 Å². The normalized spacial score (nSPS) is 20.9. The Labute approximate surface area is 195 Å². The van der Waals surface area contributed by atoms with Crippen LogP contribution in [0.5, 0.6) is 0 Å². The third-order valence-corrected chi connectivity index (χ3v) is 6.70. The van der Waals surface area contributed by atoms with Gasteiger partial charge in [0.25, 0.3) is 0 Å². The number of aryl methyl sites for hydroxylation is 1. The van der Waals surface area contributed by atoms with Gasteiger partial charge in [-0.2, -0.15) is 5.10 Å². The van der Waals surface area contributed by atoms with E-state index < -0.39 is 5.82 Å². The minimum Gasteiger partial charge on any atom is -0.373 e. The van der Waals surface area contributed by atoms with Crippen molar-refractivity contribution in [3.8, 4) is 11.3 Å². The van der Waals surface area contributed by atoms with Crippen LogP contribution in [0.4, 0.5) is 4.39 Å². The van der Waals surface area contributed by atoms with E-state index in [-0.39, 0.29) is 12.0 Å². The average Bonchev–Trinajstić information content (AvgIpc) is 3.54. The first-order valence-electron chi connectivity index (χ1n) is 11.3. The summed E-state index contributed by atoms with van der Waals surface area (Å²) in [5, 5.41) is 5.59. The van der Waals surface area contributed by atoms with Gasteiger partial charge < -0.3 is 4.74 Å². The number of pyridine rings is 1. The number of fused-ring (bicyclic) bond motifs is 1. The molecule has 2 aliphatic rings. The van der Waals surface area contributed by atoms with Crippen molar-refractivity contribution >= 4 is 22.6 Å². The Bertz CT molecular complexity index is 1350. The van der Waals surface area contributed by atoms with Gasteiger partial charge in [-0.1, -0.05) is 11.6 Å². The van der Waals surface area contributed by atoms with Crippen molar-refractivity contribution in [1.82, 2.24) is 24.7 Å². The molecule has 3 aromatic heterocycles. The largest absolute Gasteiger partial charge is 0.373 e. The monoisotopic (exact) mass is 463 g/mol. The van der Waals surface area contributed by atoms with Crippen LogP contribution < -0.4 is 0 Å². The fourth-order valence-electron chi connectivity index (χ4n) is 4.51. The highest BCUT2D eigenvalue weighted by atomic mass is 35.5. The maximum absolute atomic E-state index is 14.9. The van der Waals surface area contributed by atoms with Crippen LogP contribution >= 0.6 is 11.6 Å². The molecule has 2 atom stereocenters. The van der Waals surface area contributed by atoms with E-state index in [0.29, 0.717) is 40.4 Å². The van der Waals surface area contributed by atoms with Gasteiger partial charge in [-0.25, -0.2) is 19.3 Å². The van der Waals surface area contributed by atoms with Crippen molar-refractivity contribution in [2.45, 2.75) is 50.7 Å². The number of rotatable bonds is 4. The molecule has 1 aliphatic heterocycles. The lowest BCUT2D eigenvalue weighted by molar-refractivity contribution is 0.00396. The summed E-state index contributed by atoms with van der Waals surface area (Å²) in [6.07, 6.45) is 7.88. The van der Waals surface area contributed by atoms with Gasteiger partial charge in [0.05, 0.1) is 24.0 Å². The fraction of sp³-hybridized carbons (Fsp3) is 0.360. The summed E-state index contributed by atoms with van der Waals surface area (Å²) < 4.78 is 23.0. The molecular formula is C25H23ClFN5O. The number of halogens is 2. The molecule has 0 N–H and O–H groups in total. The summed E-state index contributed by atoms with van der Waals surface area (Å²) in [5.74, 6) is 0.341. The zero-order valence-corrected chi connectivity index (χ0v) is 19.0. The van der Waals surface area contributed by atoms with Crippen molar-refractivity contribution in [1.29, 1.82) is 0 Å². The van der Waals surface area contributed by atoms with Crippen LogP contribution in [-0.2, 0) is 4.74 Å². The maximum atomic E-state index is 14.9. The first-order valence-corrected chi connectivity index (χ1v) is 11.7. The molecule has 0 unspecified atom stereocenters. The van der Waals surface area contributed by atoms with Crippen LogP contribution in [0.25, 0.3) is 22.3 Å². The Morgan fingerprint density at radius 3 is 2.79 bits per heavy atom. The molecule has 168 valence electrons. The Kier molecular flexibility index (Phi) is 5.11. The second kappa shape index (κ2) is 8.15. The molecule has 6 rings (SSSR count). The third-order valence-electron chi connectivity index (χ3n) is 6.47. The molecule has 1 saturated carbocycles. The molecule has 4 aromatic rings. The average molecular weight is 464 g/mol. The predicted octanol–water partition coefficient (Wildman–Crippen LogP) is 5.96. The standard InChI is InChI=1S/C25H23ClFN5O/c1-14-2-6-20-23(19-7-3-17(26)11-21(19)27)30-24(31-25(20)29-14)15-8-9-33-22(10-15)16-12-28-32(13-16)18-4-5-18/h2-3,6-7,11-13,15,18,22H,4-5,8-10H2,1H3/t15-,22-/m1/s1. The molecule has 1 aromatic carbocycles. The van der Waals surface area contributed by atoms with Crippen molar-refractivity contribution < 1.29 is 9.13 Å². The molecule has 0 spiro atoms. The van der Waals surface area contributed by atoms with Gasteiger partial charge in [-0.3, -0.25) is 4.68 Å². The van der Waals surface area contributed by atoms with E-state index in [2.05, 4.69) is 16.3 Å². The highest BCUT2D eigenvalue weighted by Gasteiger charge is 2.31. The Balaban J connectivity index is 1.39. The molecule has 1 aliphatic carbocycles. The highest BCUT2D eigenvalue weighted by molar-refractivity contribution is 6.30.